The number of nitrogens with zero attached hydrogens (tertiary/aromatic N) is 5. The number of aromatic nitrogens is 4. The smallest absolute Gasteiger partial charge is 0.142 e. The molecule has 0 saturated heterocycles. The van der Waals surface area contributed by atoms with Crippen LogP contribution in [0, 0.1) is 18.3 Å². The number of rotatable bonds is 2. The second-order valence-electron chi connectivity index (χ2n) is 4.20. The van der Waals surface area contributed by atoms with E-state index >= 15 is 0 Å². The lowest BCUT2D eigenvalue weighted by atomic mass is 10.3. The number of imidazole rings is 1. The van der Waals surface area contributed by atoms with E-state index in [2.05, 4.69) is 21.0 Å². The summed E-state index contributed by atoms with van der Waals surface area (Å²) in [5, 5.41) is 8.93. The van der Waals surface area contributed by atoms with Crippen LogP contribution in [0.2, 0.25) is 0 Å². The van der Waals surface area contributed by atoms with Crippen LogP contribution in [0.25, 0.3) is 16.9 Å². The van der Waals surface area contributed by atoms with Crippen molar-refractivity contribution in [2.24, 2.45) is 0 Å². The van der Waals surface area contributed by atoms with Crippen molar-refractivity contribution in [3.05, 3.63) is 48.2 Å². The summed E-state index contributed by atoms with van der Waals surface area (Å²) in [5.41, 5.74) is 2.69. The molecule has 3 rings (SSSR count). The summed E-state index contributed by atoms with van der Waals surface area (Å²) in [6.45, 7) is 1.91. The molecule has 0 amide bonds. The van der Waals surface area contributed by atoms with Crippen LogP contribution in [-0.2, 0) is 6.42 Å². The van der Waals surface area contributed by atoms with Crippen molar-refractivity contribution in [1.82, 2.24) is 19.5 Å². The van der Waals surface area contributed by atoms with Gasteiger partial charge in [0.15, 0.2) is 0 Å². The van der Waals surface area contributed by atoms with Gasteiger partial charge in [0.2, 0.25) is 0 Å². The molecule has 0 fully saturated rings. The minimum atomic E-state index is 0.248. The fourth-order valence-electron chi connectivity index (χ4n) is 2.08. The Kier molecular flexibility index (Phi) is 2.69. The first-order chi connectivity index (χ1) is 9.29. The van der Waals surface area contributed by atoms with Crippen molar-refractivity contribution < 1.29 is 0 Å². The zero-order chi connectivity index (χ0) is 13.2. The van der Waals surface area contributed by atoms with Gasteiger partial charge >= 0.3 is 0 Å². The maximum atomic E-state index is 8.93. The molecule has 0 N–H and O–H groups in total. The van der Waals surface area contributed by atoms with E-state index in [0.717, 1.165) is 22.5 Å². The lowest BCUT2D eigenvalue weighted by molar-refractivity contribution is 0.905. The minimum absolute atomic E-state index is 0.248. The maximum absolute atomic E-state index is 8.93. The van der Waals surface area contributed by atoms with Crippen molar-refractivity contribution in [3.63, 3.8) is 0 Å². The number of para-hydroxylation sites is 2. The number of hydrogen-bond acceptors (Lipinski definition) is 4. The Morgan fingerprint density at radius 3 is 2.89 bits per heavy atom. The molecule has 2 heterocycles. The SMILES string of the molecule is Cc1cc(-n2c(CC#N)nc3ccccc32)ncn1. The van der Waals surface area contributed by atoms with Crippen LogP contribution in [-0.4, -0.2) is 19.5 Å². The van der Waals surface area contributed by atoms with Gasteiger partial charge in [-0.3, -0.25) is 4.57 Å². The lowest BCUT2D eigenvalue weighted by Gasteiger charge is -2.06. The fraction of sp³-hybridized carbons (Fsp3) is 0.143. The van der Waals surface area contributed by atoms with Crippen molar-refractivity contribution in [1.29, 1.82) is 5.26 Å². The van der Waals surface area contributed by atoms with Gasteiger partial charge < -0.3 is 0 Å². The monoisotopic (exact) mass is 249 g/mol. The highest BCUT2D eigenvalue weighted by molar-refractivity contribution is 5.77. The van der Waals surface area contributed by atoms with Gasteiger partial charge in [-0.15, -0.1) is 0 Å². The van der Waals surface area contributed by atoms with Gasteiger partial charge in [0.25, 0.3) is 0 Å². The summed E-state index contributed by atoms with van der Waals surface area (Å²) < 4.78 is 1.91. The molecule has 1 aromatic carbocycles. The first kappa shape index (κ1) is 11.4. The quantitative estimate of drug-likeness (QED) is 0.698. The van der Waals surface area contributed by atoms with Crippen LogP contribution < -0.4 is 0 Å². The van der Waals surface area contributed by atoms with Gasteiger partial charge in [-0.05, 0) is 19.1 Å². The fourth-order valence-corrected chi connectivity index (χ4v) is 2.08. The van der Waals surface area contributed by atoms with Gasteiger partial charge in [0.1, 0.15) is 18.0 Å². The van der Waals surface area contributed by atoms with Crippen LogP contribution in [0.1, 0.15) is 11.5 Å². The molecule has 0 atom stereocenters. The number of benzene rings is 1. The highest BCUT2D eigenvalue weighted by Gasteiger charge is 2.12. The Bertz CT molecular complexity index is 782. The van der Waals surface area contributed by atoms with Crippen LogP contribution in [0.3, 0.4) is 0 Å². The third-order valence-electron chi connectivity index (χ3n) is 2.89. The molecule has 0 aliphatic carbocycles. The van der Waals surface area contributed by atoms with Crippen molar-refractivity contribution in [2.45, 2.75) is 13.3 Å². The van der Waals surface area contributed by atoms with E-state index in [9.17, 15) is 0 Å². The van der Waals surface area contributed by atoms with E-state index in [1.165, 1.54) is 6.33 Å². The standard InChI is InChI=1S/C14H11N5/c1-10-8-14(17-9-16-10)19-12-5-3-2-4-11(12)18-13(19)6-7-15/h2-5,8-9H,6H2,1H3. The largest absolute Gasteiger partial charge is 0.279 e. The zero-order valence-electron chi connectivity index (χ0n) is 10.4. The molecule has 3 aromatic rings. The number of hydrogen-bond donors (Lipinski definition) is 0. The van der Waals surface area contributed by atoms with E-state index in [1.54, 1.807) is 0 Å². The highest BCUT2D eigenvalue weighted by atomic mass is 15.1. The average Bonchev–Trinajstić information content (AvgIpc) is 2.77. The molecule has 19 heavy (non-hydrogen) atoms. The Labute approximate surface area is 110 Å². The summed E-state index contributed by atoms with van der Waals surface area (Å²) in [6.07, 6.45) is 1.77. The van der Waals surface area contributed by atoms with Gasteiger partial charge in [0.05, 0.1) is 23.5 Å². The molecular formula is C14H11N5. The van der Waals surface area contributed by atoms with E-state index in [0.29, 0.717) is 5.82 Å². The van der Waals surface area contributed by atoms with Crippen molar-refractivity contribution >= 4 is 11.0 Å². The van der Waals surface area contributed by atoms with E-state index in [4.69, 9.17) is 5.26 Å². The Hall–Kier alpha value is -2.74. The second kappa shape index (κ2) is 4.50. The third kappa shape index (κ3) is 1.93. The van der Waals surface area contributed by atoms with Crippen molar-refractivity contribution in [3.8, 4) is 11.9 Å². The normalized spacial score (nSPS) is 10.5. The molecule has 0 aliphatic heterocycles. The van der Waals surface area contributed by atoms with Crippen LogP contribution in [0.5, 0.6) is 0 Å². The molecule has 0 spiro atoms. The van der Waals surface area contributed by atoms with E-state index in [1.807, 2.05) is 41.8 Å². The first-order valence-electron chi connectivity index (χ1n) is 5.92. The summed E-state index contributed by atoms with van der Waals surface area (Å²) in [4.78, 5) is 12.9. The molecule has 0 radical (unpaired) electrons. The number of aryl methyl sites for hydroxylation is 1. The summed E-state index contributed by atoms with van der Waals surface area (Å²) in [5.74, 6) is 1.44. The predicted octanol–water partition coefficient (Wildman–Crippen LogP) is 2.19. The molecule has 0 bridgehead atoms. The van der Waals surface area contributed by atoms with Gasteiger partial charge in [0, 0.05) is 11.8 Å². The topological polar surface area (TPSA) is 67.4 Å². The van der Waals surface area contributed by atoms with Crippen LogP contribution in [0.15, 0.2) is 36.7 Å². The summed E-state index contributed by atoms with van der Waals surface area (Å²) in [7, 11) is 0. The Morgan fingerprint density at radius 1 is 1.26 bits per heavy atom. The molecule has 5 heteroatoms. The Morgan fingerprint density at radius 2 is 2.11 bits per heavy atom. The number of nitriles is 1. The first-order valence-corrected chi connectivity index (χ1v) is 5.92. The molecule has 92 valence electrons. The molecule has 0 aliphatic rings. The highest BCUT2D eigenvalue weighted by Crippen LogP contribution is 2.20. The molecule has 0 saturated carbocycles. The molecular weight excluding hydrogens is 238 g/mol. The molecule has 2 aromatic heterocycles. The predicted molar refractivity (Wildman–Crippen MR) is 70.7 cm³/mol. The summed E-state index contributed by atoms with van der Waals surface area (Å²) in [6, 6.07) is 11.8. The third-order valence-corrected chi connectivity index (χ3v) is 2.89. The summed E-state index contributed by atoms with van der Waals surface area (Å²) >= 11 is 0. The van der Waals surface area contributed by atoms with Crippen LogP contribution >= 0.6 is 0 Å². The minimum Gasteiger partial charge on any atom is -0.279 e. The van der Waals surface area contributed by atoms with Crippen LogP contribution in [0.4, 0.5) is 0 Å². The van der Waals surface area contributed by atoms with Gasteiger partial charge in [-0.25, -0.2) is 15.0 Å². The maximum Gasteiger partial charge on any atom is 0.142 e. The van der Waals surface area contributed by atoms with Gasteiger partial charge in [-0.1, -0.05) is 12.1 Å². The molecule has 0 unspecified atom stereocenters. The van der Waals surface area contributed by atoms with E-state index < -0.39 is 0 Å². The number of fused-ring (bicyclic) bond motifs is 1. The zero-order valence-corrected chi connectivity index (χ0v) is 10.4. The van der Waals surface area contributed by atoms with Gasteiger partial charge in [-0.2, -0.15) is 5.26 Å². The second-order valence-corrected chi connectivity index (χ2v) is 4.20. The Balaban J connectivity index is 2.31. The average molecular weight is 249 g/mol. The van der Waals surface area contributed by atoms with E-state index in [-0.39, 0.29) is 6.42 Å². The van der Waals surface area contributed by atoms with Crippen molar-refractivity contribution in [2.75, 3.05) is 0 Å². The molecule has 5 nitrogen and oxygen atoms in total. The lowest BCUT2D eigenvalue weighted by Crippen LogP contribution is -2.03.